The second kappa shape index (κ2) is 4.76. The second-order valence-corrected chi connectivity index (χ2v) is 5.99. The van der Waals surface area contributed by atoms with E-state index in [1.807, 2.05) is 0 Å². The van der Waals surface area contributed by atoms with Gasteiger partial charge in [-0.15, -0.1) is 0 Å². The lowest BCUT2D eigenvalue weighted by Crippen LogP contribution is -2.05. The molecule has 0 aliphatic rings. The van der Waals surface area contributed by atoms with Crippen LogP contribution in [0.4, 0.5) is 0 Å². The maximum absolute atomic E-state index is 10.9. The third-order valence-electron chi connectivity index (χ3n) is 2.10. The molecule has 0 fully saturated rings. The lowest BCUT2D eigenvalue weighted by Gasteiger charge is -2.06. The van der Waals surface area contributed by atoms with E-state index in [4.69, 9.17) is 0 Å². The molecule has 0 radical (unpaired) electrons. The molecule has 1 heterocycles. The van der Waals surface area contributed by atoms with Crippen molar-refractivity contribution in [3.63, 3.8) is 0 Å². The van der Waals surface area contributed by atoms with E-state index in [0.29, 0.717) is 12.8 Å². The molecule has 0 bridgehead atoms. The average molecular weight is 232 g/mol. The fourth-order valence-electron chi connectivity index (χ4n) is 1.32. The Kier molecular flexibility index (Phi) is 3.87. The Balaban J connectivity index is 2.40. The molecule has 1 atom stereocenters. The molecule has 5 nitrogen and oxygen atoms in total. The summed E-state index contributed by atoms with van der Waals surface area (Å²) in [4.78, 5) is 0. The van der Waals surface area contributed by atoms with E-state index in [-0.39, 0.29) is 5.75 Å². The Hall–Kier alpha value is -0.880. The smallest absolute Gasteiger partial charge is 0.147 e. The topological polar surface area (TPSA) is 72.2 Å². The minimum atomic E-state index is -2.93. The summed E-state index contributed by atoms with van der Waals surface area (Å²) in [5.74, 6) is 0.115. The largest absolute Gasteiger partial charge is 0.388 e. The Bertz CT molecular complexity index is 411. The Morgan fingerprint density at radius 2 is 2.27 bits per heavy atom. The van der Waals surface area contributed by atoms with Crippen LogP contribution in [0.2, 0.25) is 0 Å². The molecular formula is C9H16N2O3S. The molecule has 1 aromatic heterocycles. The third-order valence-corrected chi connectivity index (χ3v) is 3.13. The van der Waals surface area contributed by atoms with E-state index < -0.39 is 15.9 Å². The highest BCUT2D eigenvalue weighted by atomic mass is 32.2. The van der Waals surface area contributed by atoms with Crippen molar-refractivity contribution in [2.45, 2.75) is 18.9 Å². The molecular weight excluding hydrogens is 216 g/mol. The van der Waals surface area contributed by atoms with Crippen molar-refractivity contribution in [2.75, 3.05) is 12.0 Å². The van der Waals surface area contributed by atoms with Gasteiger partial charge in [0.15, 0.2) is 0 Å². The number of nitrogens with zero attached hydrogens (tertiary/aromatic N) is 2. The normalized spacial score (nSPS) is 14.1. The van der Waals surface area contributed by atoms with Crippen molar-refractivity contribution in [2.24, 2.45) is 7.05 Å². The van der Waals surface area contributed by atoms with Crippen LogP contribution in [0.1, 0.15) is 24.5 Å². The molecule has 15 heavy (non-hydrogen) atoms. The summed E-state index contributed by atoms with van der Waals surface area (Å²) < 4.78 is 23.3. The number of aliphatic hydroxyl groups excluding tert-OH is 1. The molecule has 0 spiro atoms. The molecule has 0 aliphatic carbocycles. The number of sulfone groups is 1. The van der Waals surface area contributed by atoms with Crippen LogP contribution >= 0.6 is 0 Å². The van der Waals surface area contributed by atoms with Crippen molar-refractivity contribution >= 4 is 9.84 Å². The molecule has 1 N–H and O–H groups in total. The van der Waals surface area contributed by atoms with E-state index in [1.54, 1.807) is 24.1 Å². The van der Waals surface area contributed by atoms with Crippen LogP contribution < -0.4 is 0 Å². The van der Waals surface area contributed by atoms with Crippen LogP contribution in [0.15, 0.2) is 12.4 Å². The summed E-state index contributed by atoms with van der Waals surface area (Å²) in [6.07, 6.45) is 4.80. The van der Waals surface area contributed by atoms with Gasteiger partial charge in [0.25, 0.3) is 0 Å². The first kappa shape index (κ1) is 12.2. The lowest BCUT2D eigenvalue weighted by atomic mass is 10.1. The number of aryl methyl sites for hydroxylation is 1. The first-order valence-electron chi connectivity index (χ1n) is 4.73. The number of aromatic nitrogens is 2. The summed E-state index contributed by atoms with van der Waals surface area (Å²) in [6, 6.07) is 0. The van der Waals surface area contributed by atoms with Crippen LogP contribution in [0.3, 0.4) is 0 Å². The first-order chi connectivity index (χ1) is 6.88. The fraction of sp³-hybridized carbons (Fsp3) is 0.667. The molecule has 1 aromatic rings. The van der Waals surface area contributed by atoms with Gasteiger partial charge in [0.1, 0.15) is 9.84 Å². The van der Waals surface area contributed by atoms with Gasteiger partial charge in [-0.25, -0.2) is 8.42 Å². The SMILES string of the molecule is Cn1cc(C(O)CCCS(C)(=O)=O)cn1. The first-order valence-corrected chi connectivity index (χ1v) is 6.79. The van der Waals surface area contributed by atoms with E-state index in [9.17, 15) is 13.5 Å². The number of rotatable bonds is 5. The highest BCUT2D eigenvalue weighted by molar-refractivity contribution is 7.90. The van der Waals surface area contributed by atoms with Crippen molar-refractivity contribution in [3.8, 4) is 0 Å². The van der Waals surface area contributed by atoms with Crippen LogP contribution in [0.25, 0.3) is 0 Å². The van der Waals surface area contributed by atoms with Gasteiger partial charge in [0.2, 0.25) is 0 Å². The predicted molar refractivity (Wildman–Crippen MR) is 57.1 cm³/mol. The monoisotopic (exact) mass is 232 g/mol. The van der Waals surface area contributed by atoms with E-state index in [2.05, 4.69) is 5.10 Å². The average Bonchev–Trinajstić information content (AvgIpc) is 2.49. The summed E-state index contributed by atoms with van der Waals surface area (Å²) >= 11 is 0. The third kappa shape index (κ3) is 4.44. The van der Waals surface area contributed by atoms with Crippen molar-refractivity contribution in [1.29, 1.82) is 0 Å². The zero-order valence-corrected chi connectivity index (χ0v) is 9.74. The minimum Gasteiger partial charge on any atom is -0.388 e. The number of aliphatic hydroxyl groups is 1. The van der Waals surface area contributed by atoms with Gasteiger partial charge in [0.05, 0.1) is 12.3 Å². The van der Waals surface area contributed by atoms with Gasteiger partial charge in [-0.1, -0.05) is 0 Å². The fourth-order valence-corrected chi connectivity index (χ4v) is 2.01. The maximum atomic E-state index is 10.9. The summed E-state index contributed by atoms with van der Waals surface area (Å²) in [5, 5.41) is 13.6. The highest BCUT2D eigenvalue weighted by Crippen LogP contribution is 2.17. The van der Waals surface area contributed by atoms with Gasteiger partial charge in [-0.2, -0.15) is 5.10 Å². The van der Waals surface area contributed by atoms with Crippen molar-refractivity contribution in [1.82, 2.24) is 9.78 Å². The molecule has 0 saturated carbocycles. The summed E-state index contributed by atoms with van der Waals surface area (Å²) in [5.41, 5.74) is 0.728. The van der Waals surface area contributed by atoms with Gasteiger partial charge >= 0.3 is 0 Å². The molecule has 0 aromatic carbocycles. The molecule has 0 amide bonds. The van der Waals surface area contributed by atoms with Crippen molar-refractivity contribution in [3.05, 3.63) is 18.0 Å². The highest BCUT2D eigenvalue weighted by Gasteiger charge is 2.10. The molecule has 0 saturated heterocycles. The van der Waals surface area contributed by atoms with E-state index >= 15 is 0 Å². The Morgan fingerprint density at radius 3 is 2.73 bits per heavy atom. The zero-order chi connectivity index (χ0) is 11.5. The molecule has 6 heteroatoms. The van der Waals surface area contributed by atoms with Gasteiger partial charge in [-0.05, 0) is 12.8 Å². The van der Waals surface area contributed by atoms with Crippen LogP contribution in [-0.2, 0) is 16.9 Å². The van der Waals surface area contributed by atoms with Gasteiger partial charge in [0, 0.05) is 30.8 Å². The van der Waals surface area contributed by atoms with Gasteiger partial charge < -0.3 is 5.11 Å². The second-order valence-electron chi connectivity index (χ2n) is 3.74. The predicted octanol–water partition coefficient (Wildman–Crippen LogP) is 0.278. The minimum absolute atomic E-state index is 0.115. The van der Waals surface area contributed by atoms with Crippen LogP contribution in [0, 0.1) is 0 Å². The van der Waals surface area contributed by atoms with Crippen LogP contribution in [0.5, 0.6) is 0 Å². The van der Waals surface area contributed by atoms with Gasteiger partial charge in [-0.3, -0.25) is 4.68 Å². The number of hydrogen-bond donors (Lipinski definition) is 1. The standard InChI is InChI=1S/C9H16N2O3S/c1-11-7-8(6-10-11)9(12)4-3-5-15(2,13)14/h6-7,9,12H,3-5H2,1-2H3. The van der Waals surface area contributed by atoms with E-state index in [1.165, 1.54) is 6.26 Å². The number of hydrogen-bond acceptors (Lipinski definition) is 4. The van der Waals surface area contributed by atoms with E-state index in [0.717, 1.165) is 5.56 Å². The van der Waals surface area contributed by atoms with Crippen molar-refractivity contribution < 1.29 is 13.5 Å². The maximum Gasteiger partial charge on any atom is 0.147 e. The molecule has 0 aliphatic heterocycles. The molecule has 1 unspecified atom stereocenters. The Morgan fingerprint density at radius 1 is 1.60 bits per heavy atom. The lowest BCUT2D eigenvalue weighted by molar-refractivity contribution is 0.166. The van der Waals surface area contributed by atoms with Crippen LogP contribution in [-0.4, -0.2) is 35.3 Å². The summed E-state index contributed by atoms with van der Waals surface area (Å²) in [7, 11) is -1.16. The quantitative estimate of drug-likeness (QED) is 0.791. The Labute approximate surface area is 89.6 Å². The zero-order valence-electron chi connectivity index (χ0n) is 8.92. The molecule has 1 rings (SSSR count). The summed E-state index contributed by atoms with van der Waals surface area (Å²) in [6.45, 7) is 0. The molecule has 86 valence electrons.